The highest BCUT2D eigenvalue weighted by atomic mass is 16.6. The van der Waals surface area contributed by atoms with Crippen molar-refractivity contribution in [2.75, 3.05) is 6.54 Å². The second-order valence-corrected chi connectivity index (χ2v) is 12.4. The summed E-state index contributed by atoms with van der Waals surface area (Å²) in [6.07, 6.45) is 2.46. The van der Waals surface area contributed by atoms with Gasteiger partial charge in [0.15, 0.2) is 5.78 Å². The van der Waals surface area contributed by atoms with Crippen LogP contribution in [-0.4, -0.2) is 70.0 Å². The number of Topliss-reactive ketones (excluding diaryl/α,β-unsaturated/α-hetero) is 1. The van der Waals surface area contributed by atoms with Gasteiger partial charge in [0.1, 0.15) is 11.6 Å². The monoisotopic (exact) mass is 614 g/mol. The molecule has 0 spiro atoms. The van der Waals surface area contributed by atoms with Crippen molar-refractivity contribution in [3.63, 3.8) is 0 Å². The average Bonchev–Trinajstić information content (AvgIpc) is 3.28. The van der Waals surface area contributed by atoms with Gasteiger partial charge in [-0.05, 0) is 57.6 Å². The zero-order valence-electron chi connectivity index (χ0n) is 26.5. The number of alkyl carbamates (subject to hydrolysis) is 1. The number of hydrogen-bond donors (Lipinski definition) is 4. The van der Waals surface area contributed by atoms with Gasteiger partial charge in [-0.15, -0.1) is 0 Å². The first-order valence-corrected chi connectivity index (χ1v) is 15.0. The average molecular weight is 615 g/mol. The zero-order chi connectivity index (χ0) is 33.0. The van der Waals surface area contributed by atoms with Crippen LogP contribution in [0.25, 0.3) is 10.9 Å². The van der Waals surface area contributed by atoms with Gasteiger partial charge in [0, 0.05) is 30.5 Å². The fraction of sp³-hybridized carbons (Fsp3) is 0.562. The van der Waals surface area contributed by atoms with Crippen molar-refractivity contribution in [2.24, 2.45) is 11.8 Å². The third kappa shape index (κ3) is 11.5. The van der Waals surface area contributed by atoms with Crippen LogP contribution >= 0.6 is 0 Å². The van der Waals surface area contributed by atoms with Gasteiger partial charge in [0.25, 0.3) is 0 Å². The quantitative estimate of drug-likeness (QED) is 0.154. The molecule has 0 saturated heterocycles. The molecule has 0 aliphatic rings. The summed E-state index contributed by atoms with van der Waals surface area (Å²) in [4.78, 5) is 76.0. The molecule has 2 aromatic rings. The van der Waals surface area contributed by atoms with E-state index in [1.807, 2.05) is 20.8 Å². The predicted molar refractivity (Wildman–Crippen MR) is 166 cm³/mol. The predicted octanol–water partition coefficient (Wildman–Crippen LogP) is 3.61. The minimum Gasteiger partial charge on any atom is -0.480 e. The summed E-state index contributed by atoms with van der Waals surface area (Å²) in [6, 6.07) is 4.59. The summed E-state index contributed by atoms with van der Waals surface area (Å²) in [5.41, 5.74) is 0.420. The molecule has 3 amide bonds. The zero-order valence-corrected chi connectivity index (χ0v) is 26.5. The van der Waals surface area contributed by atoms with Gasteiger partial charge in [-0.3, -0.25) is 23.7 Å². The van der Waals surface area contributed by atoms with E-state index in [-0.39, 0.29) is 25.2 Å². The first-order valence-electron chi connectivity index (χ1n) is 15.0. The number of carbonyl (C=O) groups excluding carboxylic acids is 5. The van der Waals surface area contributed by atoms with Crippen LogP contribution in [0.1, 0.15) is 79.2 Å². The Bertz CT molecular complexity index is 1330. The first kappa shape index (κ1) is 36.0. The van der Waals surface area contributed by atoms with Gasteiger partial charge in [0.2, 0.25) is 18.2 Å². The van der Waals surface area contributed by atoms with Crippen LogP contribution in [0.15, 0.2) is 30.5 Å². The number of amides is 3. The van der Waals surface area contributed by atoms with Crippen molar-refractivity contribution in [2.45, 2.75) is 97.8 Å². The Morgan fingerprint density at radius 2 is 1.70 bits per heavy atom. The van der Waals surface area contributed by atoms with Gasteiger partial charge >= 0.3 is 12.1 Å². The summed E-state index contributed by atoms with van der Waals surface area (Å²) < 4.78 is 6.71. The Balaban J connectivity index is 2.39. The topological polar surface area (TPSA) is 173 Å². The molecule has 1 aromatic carbocycles. The minimum atomic E-state index is -1.52. The molecule has 0 unspecified atom stereocenters. The molecule has 0 aliphatic heterocycles. The van der Waals surface area contributed by atoms with E-state index < -0.39 is 59.7 Å². The van der Waals surface area contributed by atoms with Crippen molar-refractivity contribution < 1.29 is 38.6 Å². The molecule has 1 aromatic heterocycles. The van der Waals surface area contributed by atoms with E-state index in [1.165, 1.54) is 4.57 Å². The van der Waals surface area contributed by atoms with Crippen LogP contribution in [-0.2, 0) is 35.1 Å². The lowest BCUT2D eigenvalue weighted by Crippen LogP contribution is -2.48. The number of fused-ring (bicyclic) bond motifs is 1. The van der Waals surface area contributed by atoms with Crippen LogP contribution in [0.3, 0.4) is 0 Å². The lowest BCUT2D eigenvalue weighted by molar-refractivity contribution is -0.144. The van der Waals surface area contributed by atoms with E-state index in [4.69, 9.17) is 4.74 Å². The second-order valence-electron chi connectivity index (χ2n) is 12.4. The summed E-state index contributed by atoms with van der Waals surface area (Å²) in [5, 5.41) is 18.2. The number of nitrogens with zero attached hydrogens (tertiary/aromatic N) is 1. The number of ether oxygens (including phenoxy) is 1. The Morgan fingerprint density at radius 1 is 1.02 bits per heavy atom. The van der Waals surface area contributed by atoms with Gasteiger partial charge in [-0.25, -0.2) is 9.59 Å². The lowest BCUT2D eigenvalue weighted by Gasteiger charge is -2.25. The van der Waals surface area contributed by atoms with E-state index >= 15 is 0 Å². The van der Waals surface area contributed by atoms with Crippen molar-refractivity contribution in [3.05, 3.63) is 36.0 Å². The lowest BCUT2D eigenvalue weighted by atomic mass is 9.88. The van der Waals surface area contributed by atoms with Crippen molar-refractivity contribution in [3.8, 4) is 0 Å². The summed E-state index contributed by atoms with van der Waals surface area (Å²) in [7, 11) is 0. The number of nitrogens with one attached hydrogen (secondary N) is 3. The maximum absolute atomic E-state index is 13.7. The molecule has 0 bridgehead atoms. The van der Waals surface area contributed by atoms with Crippen LogP contribution < -0.4 is 16.0 Å². The Morgan fingerprint density at radius 3 is 2.30 bits per heavy atom. The number of para-hydroxylation sites is 1. The number of aliphatic carboxylic acids is 1. The van der Waals surface area contributed by atoms with Crippen LogP contribution in [0.4, 0.5) is 4.79 Å². The largest absolute Gasteiger partial charge is 0.480 e. The third-order valence-electron chi connectivity index (χ3n) is 6.86. The standard InChI is InChI=1S/C32H46N4O8/c1-7-8-13-33-28(39)17-25(30(41)42)34-29(40)21(15-22-18-36(19-37)26-12-10-9-11-23(22)26)16-27(38)24(14-20(2)3)35-31(43)44-32(4,5)6/h9-12,18-21,24-25H,7-8,13-17H2,1-6H3,(H,33,39)(H,34,40)(H,35,43)(H,41,42)/t21-,24-,25-/m0/s1. The van der Waals surface area contributed by atoms with Gasteiger partial charge in [0.05, 0.1) is 18.0 Å². The molecule has 12 heteroatoms. The number of benzene rings is 1. The highest BCUT2D eigenvalue weighted by Crippen LogP contribution is 2.25. The molecule has 4 N–H and O–H groups in total. The number of carboxylic acids is 1. The fourth-order valence-electron chi connectivity index (χ4n) is 4.78. The number of rotatable bonds is 17. The number of aromatic nitrogens is 1. The molecule has 0 aliphatic carbocycles. The Hall–Kier alpha value is -4.22. The SMILES string of the molecule is CCCCNC(=O)C[C@H](NC(=O)[C@H](CC(=O)[C@H](CC(C)C)NC(=O)OC(C)(C)C)Cc1cn(C=O)c2ccccc12)C(=O)O. The summed E-state index contributed by atoms with van der Waals surface area (Å²) in [5.74, 6) is -4.15. The summed E-state index contributed by atoms with van der Waals surface area (Å²) in [6.45, 7) is 11.2. The molecular weight excluding hydrogens is 568 g/mol. The number of ketones is 1. The highest BCUT2D eigenvalue weighted by Gasteiger charge is 2.33. The van der Waals surface area contributed by atoms with Gasteiger partial charge in [-0.1, -0.05) is 45.4 Å². The first-order chi connectivity index (χ1) is 20.6. The summed E-state index contributed by atoms with van der Waals surface area (Å²) >= 11 is 0. The van der Waals surface area contributed by atoms with Crippen molar-refractivity contribution in [1.82, 2.24) is 20.5 Å². The molecule has 12 nitrogen and oxygen atoms in total. The van der Waals surface area contributed by atoms with E-state index in [1.54, 1.807) is 51.2 Å². The molecule has 3 atom stereocenters. The molecule has 0 saturated carbocycles. The molecule has 1 heterocycles. The molecule has 242 valence electrons. The van der Waals surface area contributed by atoms with E-state index in [0.717, 1.165) is 12.8 Å². The maximum atomic E-state index is 13.7. The van der Waals surface area contributed by atoms with Crippen molar-refractivity contribution >= 4 is 47.0 Å². The highest BCUT2D eigenvalue weighted by molar-refractivity contribution is 5.95. The smallest absolute Gasteiger partial charge is 0.408 e. The molecule has 2 rings (SSSR count). The van der Waals surface area contributed by atoms with Gasteiger partial charge in [-0.2, -0.15) is 0 Å². The number of hydrogen-bond acceptors (Lipinski definition) is 7. The maximum Gasteiger partial charge on any atom is 0.408 e. The van der Waals surface area contributed by atoms with E-state index in [9.17, 15) is 33.9 Å². The molecular formula is C32H46N4O8. The normalized spacial score (nSPS) is 13.5. The minimum absolute atomic E-state index is 0.00516. The fourth-order valence-corrected chi connectivity index (χ4v) is 4.78. The third-order valence-corrected chi connectivity index (χ3v) is 6.86. The number of carboxylic acid groups (broad SMARTS) is 1. The van der Waals surface area contributed by atoms with E-state index in [0.29, 0.717) is 29.4 Å². The van der Waals surface area contributed by atoms with Crippen molar-refractivity contribution in [1.29, 1.82) is 0 Å². The Kier molecular flexibility index (Phi) is 13.6. The Labute approximate surface area is 258 Å². The number of carbonyl (C=O) groups is 6. The van der Waals surface area contributed by atoms with Crippen LogP contribution in [0.2, 0.25) is 0 Å². The van der Waals surface area contributed by atoms with Crippen LogP contribution in [0.5, 0.6) is 0 Å². The molecule has 0 fully saturated rings. The number of unbranched alkanes of at least 4 members (excludes halogenated alkanes) is 1. The molecule has 0 radical (unpaired) electrons. The van der Waals surface area contributed by atoms with E-state index in [2.05, 4.69) is 16.0 Å². The second kappa shape index (κ2) is 16.6. The van der Waals surface area contributed by atoms with Gasteiger partial charge < -0.3 is 25.8 Å². The van der Waals surface area contributed by atoms with Crippen LogP contribution in [0, 0.1) is 11.8 Å². The molecule has 44 heavy (non-hydrogen) atoms.